The van der Waals surface area contributed by atoms with Crippen LogP contribution in [0.5, 0.6) is 0 Å². The van der Waals surface area contributed by atoms with Gasteiger partial charge < -0.3 is 15.0 Å². The quantitative estimate of drug-likeness (QED) is 0.865. The summed E-state index contributed by atoms with van der Waals surface area (Å²) in [6.07, 6.45) is 2.77. The van der Waals surface area contributed by atoms with Crippen molar-refractivity contribution < 1.29 is 14.7 Å². The molecule has 0 atom stereocenters. The van der Waals surface area contributed by atoms with E-state index in [-0.39, 0.29) is 11.5 Å². The van der Waals surface area contributed by atoms with E-state index >= 15 is 0 Å². The highest BCUT2D eigenvalue weighted by Gasteiger charge is 2.13. The molecule has 0 unspecified atom stereocenters. The molecule has 21 heavy (non-hydrogen) atoms. The highest BCUT2D eigenvalue weighted by Crippen LogP contribution is 2.24. The van der Waals surface area contributed by atoms with Gasteiger partial charge in [0.05, 0.1) is 11.3 Å². The summed E-state index contributed by atoms with van der Waals surface area (Å²) in [5.41, 5.74) is 1.10. The number of rotatable bonds is 5. The van der Waals surface area contributed by atoms with Crippen LogP contribution in [-0.2, 0) is 6.54 Å². The fourth-order valence-electron chi connectivity index (χ4n) is 2.00. The molecule has 110 valence electrons. The Morgan fingerprint density at radius 1 is 1.33 bits per heavy atom. The third kappa shape index (κ3) is 3.52. The van der Waals surface area contributed by atoms with Gasteiger partial charge in [-0.3, -0.25) is 4.79 Å². The second-order valence-electron chi connectivity index (χ2n) is 4.54. The van der Waals surface area contributed by atoms with Crippen molar-refractivity contribution >= 4 is 33.5 Å². The molecule has 1 aromatic carbocycles. The molecule has 0 spiro atoms. The first-order valence-electron chi connectivity index (χ1n) is 6.52. The van der Waals surface area contributed by atoms with Crippen molar-refractivity contribution in [1.29, 1.82) is 0 Å². The molecule has 0 saturated heterocycles. The zero-order valence-electron chi connectivity index (χ0n) is 11.5. The van der Waals surface area contributed by atoms with E-state index in [9.17, 15) is 9.59 Å². The zero-order chi connectivity index (χ0) is 15.4. The summed E-state index contributed by atoms with van der Waals surface area (Å²) >= 11 is 3.31. The smallest absolute Gasteiger partial charge is 0.335 e. The lowest BCUT2D eigenvalue weighted by Gasteiger charge is -2.10. The van der Waals surface area contributed by atoms with Crippen LogP contribution >= 0.6 is 15.9 Å². The number of carbonyl (C=O) groups is 2. The molecule has 1 heterocycles. The van der Waals surface area contributed by atoms with Gasteiger partial charge in [0, 0.05) is 17.2 Å². The summed E-state index contributed by atoms with van der Waals surface area (Å²) in [4.78, 5) is 23.3. The Hall–Kier alpha value is -2.08. The number of aromatic nitrogens is 1. The zero-order valence-corrected chi connectivity index (χ0v) is 13.1. The minimum Gasteiger partial charge on any atom is -0.478 e. The molecule has 6 heteroatoms. The molecule has 0 aliphatic carbocycles. The number of carboxylic acids is 1. The lowest BCUT2D eigenvalue weighted by molar-refractivity contribution is 0.0696. The van der Waals surface area contributed by atoms with Crippen LogP contribution in [-0.4, -0.2) is 21.6 Å². The summed E-state index contributed by atoms with van der Waals surface area (Å²) < 4.78 is 2.50. The average Bonchev–Trinajstić information content (AvgIpc) is 2.89. The van der Waals surface area contributed by atoms with Crippen molar-refractivity contribution in [2.75, 3.05) is 5.32 Å². The van der Waals surface area contributed by atoms with E-state index < -0.39 is 5.97 Å². The average molecular weight is 351 g/mol. The molecular weight excluding hydrogens is 336 g/mol. The largest absolute Gasteiger partial charge is 0.478 e. The molecule has 5 nitrogen and oxygen atoms in total. The van der Waals surface area contributed by atoms with Crippen LogP contribution in [0.25, 0.3) is 0 Å². The fourth-order valence-corrected chi connectivity index (χ4v) is 2.34. The van der Waals surface area contributed by atoms with Gasteiger partial charge in [0.1, 0.15) is 5.69 Å². The van der Waals surface area contributed by atoms with Crippen molar-refractivity contribution in [2.45, 2.75) is 19.9 Å². The Morgan fingerprint density at radius 2 is 2.10 bits per heavy atom. The minimum absolute atomic E-state index is 0.123. The Labute approximate surface area is 130 Å². The number of halogens is 1. The number of carboxylic acid groups (broad SMARTS) is 1. The van der Waals surface area contributed by atoms with E-state index in [1.807, 2.05) is 23.8 Å². The topological polar surface area (TPSA) is 71.3 Å². The Balaban J connectivity index is 2.25. The van der Waals surface area contributed by atoms with E-state index in [0.717, 1.165) is 13.0 Å². The molecular formula is C15H15BrN2O3. The van der Waals surface area contributed by atoms with Crippen molar-refractivity contribution in [1.82, 2.24) is 4.57 Å². The van der Waals surface area contributed by atoms with Crippen molar-refractivity contribution in [3.8, 4) is 0 Å². The third-order valence-electron chi connectivity index (χ3n) is 2.99. The maximum Gasteiger partial charge on any atom is 0.335 e. The molecule has 0 radical (unpaired) electrons. The number of carbonyl (C=O) groups excluding carboxylic acids is 1. The second kappa shape index (κ2) is 6.58. The van der Waals surface area contributed by atoms with Crippen LogP contribution in [0, 0.1) is 0 Å². The number of benzene rings is 1. The molecule has 0 aliphatic rings. The molecule has 0 saturated carbocycles. The first-order chi connectivity index (χ1) is 10.0. The standard InChI is InChI=1S/C15H15BrN2O3/c1-2-7-18-8-3-4-13(18)14(19)17-12-9-10(15(20)21)5-6-11(12)16/h3-6,8-9H,2,7H2,1H3,(H,17,19)(H,20,21). The Kier molecular flexibility index (Phi) is 4.80. The maximum absolute atomic E-state index is 12.3. The number of anilines is 1. The van der Waals surface area contributed by atoms with E-state index in [0.29, 0.717) is 15.9 Å². The number of hydrogen-bond acceptors (Lipinski definition) is 2. The molecule has 0 bridgehead atoms. The van der Waals surface area contributed by atoms with Crippen LogP contribution in [0.3, 0.4) is 0 Å². The van der Waals surface area contributed by atoms with E-state index in [1.165, 1.54) is 12.1 Å². The third-order valence-corrected chi connectivity index (χ3v) is 3.68. The van der Waals surface area contributed by atoms with Crippen LogP contribution in [0.2, 0.25) is 0 Å². The van der Waals surface area contributed by atoms with Crippen LogP contribution < -0.4 is 5.32 Å². The van der Waals surface area contributed by atoms with Gasteiger partial charge in [-0.2, -0.15) is 0 Å². The van der Waals surface area contributed by atoms with Gasteiger partial charge in [-0.05, 0) is 52.7 Å². The van der Waals surface area contributed by atoms with Crippen LogP contribution in [0.1, 0.15) is 34.2 Å². The first kappa shape index (κ1) is 15.3. The van der Waals surface area contributed by atoms with Gasteiger partial charge in [-0.25, -0.2) is 4.79 Å². The summed E-state index contributed by atoms with van der Waals surface area (Å²) in [5.74, 6) is -1.30. The van der Waals surface area contributed by atoms with Crippen molar-refractivity contribution in [2.24, 2.45) is 0 Å². The number of nitrogens with one attached hydrogen (secondary N) is 1. The number of nitrogens with zero attached hydrogens (tertiary/aromatic N) is 1. The second-order valence-corrected chi connectivity index (χ2v) is 5.40. The molecule has 1 amide bonds. The fraction of sp³-hybridized carbons (Fsp3) is 0.200. The van der Waals surface area contributed by atoms with Gasteiger partial charge in [0.15, 0.2) is 0 Å². The molecule has 2 aromatic rings. The molecule has 0 fully saturated rings. The number of aromatic carboxylic acids is 1. The summed E-state index contributed by atoms with van der Waals surface area (Å²) in [6.45, 7) is 2.79. The normalized spacial score (nSPS) is 10.4. The Bertz CT molecular complexity index is 679. The lowest BCUT2D eigenvalue weighted by atomic mass is 10.2. The summed E-state index contributed by atoms with van der Waals surface area (Å²) in [7, 11) is 0. The predicted molar refractivity (Wildman–Crippen MR) is 83.8 cm³/mol. The number of hydrogen-bond donors (Lipinski definition) is 2. The monoisotopic (exact) mass is 350 g/mol. The summed E-state index contributed by atoms with van der Waals surface area (Å²) in [5, 5.41) is 11.7. The summed E-state index contributed by atoms with van der Waals surface area (Å²) in [6, 6.07) is 8.05. The highest BCUT2D eigenvalue weighted by atomic mass is 79.9. The van der Waals surface area contributed by atoms with Gasteiger partial charge in [0.25, 0.3) is 5.91 Å². The highest BCUT2D eigenvalue weighted by molar-refractivity contribution is 9.10. The van der Waals surface area contributed by atoms with Gasteiger partial charge in [0.2, 0.25) is 0 Å². The number of amides is 1. The molecule has 2 N–H and O–H groups in total. The minimum atomic E-state index is -1.03. The van der Waals surface area contributed by atoms with E-state index in [1.54, 1.807) is 12.1 Å². The van der Waals surface area contributed by atoms with Gasteiger partial charge >= 0.3 is 5.97 Å². The van der Waals surface area contributed by atoms with Crippen LogP contribution in [0.15, 0.2) is 41.0 Å². The molecule has 2 rings (SSSR count). The van der Waals surface area contributed by atoms with Crippen LogP contribution in [0.4, 0.5) is 5.69 Å². The maximum atomic E-state index is 12.3. The lowest BCUT2D eigenvalue weighted by Crippen LogP contribution is -2.17. The van der Waals surface area contributed by atoms with E-state index in [4.69, 9.17) is 5.11 Å². The Morgan fingerprint density at radius 3 is 2.76 bits per heavy atom. The van der Waals surface area contributed by atoms with Gasteiger partial charge in [-0.15, -0.1) is 0 Å². The van der Waals surface area contributed by atoms with Crippen molar-refractivity contribution in [3.05, 3.63) is 52.3 Å². The SMILES string of the molecule is CCCn1cccc1C(=O)Nc1cc(C(=O)O)ccc1Br. The first-order valence-corrected chi connectivity index (χ1v) is 7.31. The molecule has 0 aliphatic heterocycles. The predicted octanol–water partition coefficient (Wildman–Crippen LogP) is 3.61. The molecule has 1 aromatic heterocycles. The van der Waals surface area contributed by atoms with Gasteiger partial charge in [-0.1, -0.05) is 6.92 Å². The number of aryl methyl sites for hydroxylation is 1. The van der Waals surface area contributed by atoms with E-state index in [2.05, 4.69) is 21.2 Å². The van der Waals surface area contributed by atoms with Crippen molar-refractivity contribution in [3.63, 3.8) is 0 Å².